The van der Waals surface area contributed by atoms with E-state index in [1.807, 2.05) is 33.0 Å². The number of aryl methyl sites for hydroxylation is 3. The molecule has 124 valence electrons. The molecule has 0 aliphatic carbocycles. The van der Waals surface area contributed by atoms with Gasteiger partial charge in [-0.3, -0.25) is 4.68 Å². The van der Waals surface area contributed by atoms with Gasteiger partial charge in [0, 0.05) is 38.3 Å². The normalized spacial score (nSPS) is 18.4. The van der Waals surface area contributed by atoms with Crippen molar-refractivity contribution in [2.75, 3.05) is 18.0 Å². The van der Waals surface area contributed by atoms with Crippen molar-refractivity contribution >= 4 is 17.4 Å². The van der Waals surface area contributed by atoms with Gasteiger partial charge in [-0.25, -0.2) is 0 Å². The van der Waals surface area contributed by atoms with Gasteiger partial charge in [0.1, 0.15) is 5.15 Å². The van der Waals surface area contributed by atoms with Crippen LogP contribution in [0.4, 0.5) is 5.82 Å². The Labute approximate surface area is 141 Å². The molecule has 2 aromatic heterocycles. The lowest BCUT2D eigenvalue weighted by Crippen LogP contribution is -2.45. The van der Waals surface area contributed by atoms with Crippen LogP contribution >= 0.6 is 11.6 Å². The van der Waals surface area contributed by atoms with Crippen molar-refractivity contribution in [3.8, 4) is 0 Å². The Bertz CT molecular complexity index is 666. The maximum atomic E-state index is 6.30. The van der Waals surface area contributed by atoms with Gasteiger partial charge in [0.05, 0.1) is 11.4 Å². The van der Waals surface area contributed by atoms with Crippen LogP contribution in [0.3, 0.4) is 0 Å². The van der Waals surface area contributed by atoms with E-state index in [-0.39, 0.29) is 0 Å². The van der Waals surface area contributed by atoms with Crippen molar-refractivity contribution in [3.05, 3.63) is 34.2 Å². The Hall–Kier alpha value is -1.66. The smallest absolute Gasteiger partial charge is 0.151 e. The average molecular weight is 335 g/mol. The number of nitrogens with one attached hydrogen (secondary N) is 1. The van der Waals surface area contributed by atoms with Crippen molar-refractivity contribution in [1.29, 1.82) is 0 Å². The first-order valence-electron chi connectivity index (χ1n) is 8.01. The molecule has 7 heteroatoms. The Morgan fingerprint density at radius 2 is 2.13 bits per heavy atom. The SMILES string of the molecule is Cc1ccc(N2CCCC(NCc3c(C)nn(C)c3Cl)C2)nn1. The van der Waals surface area contributed by atoms with Crippen LogP contribution < -0.4 is 10.2 Å². The van der Waals surface area contributed by atoms with Crippen LogP contribution in [0.2, 0.25) is 5.15 Å². The molecule has 3 rings (SSSR count). The molecule has 1 fully saturated rings. The third kappa shape index (κ3) is 3.64. The summed E-state index contributed by atoms with van der Waals surface area (Å²) >= 11 is 6.30. The molecule has 3 heterocycles. The predicted octanol–water partition coefficient (Wildman–Crippen LogP) is 2.24. The summed E-state index contributed by atoms with van der Waals surface area (Å²) in [4.78, 5) is 2.30. The molecule has 1 atom stereocenters. The first kappa shape index (κ1) is 16.2. The maximum absolute atomic E-state index is 6.30. The summed E-state index contributed by atoms with van der Waals surface area (Å²) in [5, 5.41) is 17.2. The number of piperidine rings is 1. The van der Waals surface area contributed by atoms with E-state index in [4.69, 9.17) is 11.6 Å². The van der Waals surface area contributed by atoms with Gasteiger partial charge in [0.2, 0.25) is 0 Å². The minimum Gasteiger partial charge on any atom is -0.354 e. The second-order valence-corrected chi connectivity index (χ2v) is 6.54. The number of aromatic nitrogens is 4. The molecule has 1 unspecified atom stereocenters. The monoisotopic (exact) mass is 334 g/mol. The van der Waals surface area contributed by atoms with Crippen LogP contribution in [0, 0.1) is 13.8 Å². The summed E-state index contributed by atoms with van der Waals surface area (Å²) in [5.41, 5.74) is 3.02. The molecular formula is C16H23ClN6. The van der Waals surface area contributed by atoms with Crippen molar-refractivity contribution in [2.24, 2.45) is 7.05 Å². The quantitative estimate of drug-likeness (QED) is 0.929. The van der Waals surface area contributed by atoms with E-state index in [0.29, 0.717) is 11.2 Å². The minimum absolute atomic E-state index is 0.419. The molecule has 0 radical (unpaired) electrons. The number of hydrogen-bond acceptors (Lipinski definition) is 5. The molecule has 0 spiro atoms. The van der Waals surface area contributed by atoms with Crippen molar-refractivity contribution in [1.82, 2.24) is 25.3 Å². The van der Waals surface area contributed by atoms with Gasteiger partial charge >= 0.3 is 0 Å². The average Bonchev–Trinajstić information content (AvgIpc) is 2.79. The molecule has 23 heavy (non-hydrogen) atoms. The molecule has 1 saturated heterocycles. The highest BCUT2D eigenvalue weighted by molar-refractivity contribution is 6.30. The van der Waals surface area contributed by atoms with E-state index in [2.05, 4.69) is 25.5 Å². The molecule has 0 saturated carbocycles. The van der Waals surface area contributed by atoms with E-state index < -0.39 is 0 Å². The number of anilines is 1. The first-order chi connectivity index (χ1) is 11.0. The summed E-state index contributed by atoms with van der Waals surface area (Å²) in [6.45, 7) is 6.67. The van der Waals surface area contributed by atoms with Crippen LogP contribution in [0.15, 0.2) is 12.1 Å². The molecule has 1 N–H and O–H groups in total. The van der Waals surface area contributed by atoms with E-state index in [1.165, 1.54) is 0 Å². The predicted molar refractivity (Wildman–Crippen MR) is 91.8 cm³/mol. The molecule has 2 aromatic rings. The minimum atomic E-state index is 0.419. The summed E-state index contributed by atoms with van der Waals surface area (Å²) in [5.74, 6) is 0.956. The third-order valence-electron chi connectivity index (χ3n) is 4.37. The van der Waals surface area contributed by atoms with Gasteiger partial charge in [0.25, 0.3) is 0 Å². The lowest BCUT2D eigenvalue weighted by molar-refractivity contribution is 0.419. The van der Waals surface area contributed by atoms with Crippen LogP contribution in [0.1, 0.15) is 29.8 Å². The second-order valence-electron chi connectivity index (χ2n) is 6.18. The Morgan fingerprint density at radius 1 is 1.30 bits per heavy atom. The van der Waals surface area contributed by atoms with Gasteiger partial charge in [-0.1, -0.05) is 11.6 Å². The fraction of sp³-hybridized carbons (Fsp3) is 0.562. The largest absolute Gasteiger partial charge is 0.354 e. The lowest BCUT2D eigenvalue weighted by atomic mass is 10.1. The van der Waals surface area contributed by atoms with E-state index in [0.717, 1.165) is 55.2 Å². The summed E-state index contributed by atoms with van der Waals surface area (Å²) in [7, 11) is 1.87. The number of nitrogens with zero attached hydrogens (tertiary/aromatic N) is 5. The zero-order valence-corrected chi connectivity index (χ0v) is 14.6. The van der Waals surface area contributed by atoms with E-state index >= 15 is 0 Å². The fourth-order valence-electron chi connectivity index (χ4n) is 3.03. The van der Waals surface area contributed by atoms with Gasteiger partial charge in [-0.15, -0.1) is 5.10 Å². The van der Waals surface area contributed by atoms with E-state index in [1.54, 1.807) is 4.68 Å². The topological polar surface area (TPSA) is 58.9 Å². The number of rotatable bonds is 4. The molecule has 0 bridgehead atoms. The van der Waals surface area contributed by atoms with Gasteiger partial charge < -0.3 is 10.2 Å². The van der Waals surface area contributed by atoms with E-state index in [9.17, 15) is 0 Å². The van der Waals surface area contributed by atoms with Crippen LogP contribution in [-0.2, 0) is 13.6 Å². The molecule has 6 nitrogen and oxygen atoms in total. The maximum Gasteiger partial charge on any atom is 0.151 e. The number of hydrogen-bond donors (Lipinski definition) is 1. The zero-order chi connectivity index (χ0) is 16.4. The number of halogens is 1. The van der Waals surface area contributed by atoms with Crippen molar-refractivity contribution in [2.45, 2.75) is 39.3 Å². The lowest BCUT2D eigenvalue weighted by Gasteiger charge is -2.33. The molecule has 1 aliphatic heterocycles. The Morgan fingerprint density at radius 3 is 2.78 bits per heavy atom. The van der Waals surface area contributed by atoms with Crippen molar-refractivity contribution in [3.63, 3.8) is 0 Å². The highest BCUT2D eigenvalue weighted by atomic mass is 35.5. The van der Waals surface area contributed by atoms with Gasteiger partial charge in [-0.2, -0.15) is 10.2 Å². The first-order valence-corrected chi connectivity index (χ1v) is 8.39. The summed E-state index contributed by atoms with van der Waals surface area (Å²) in [6, 6.07) is 4.48. The van der Waals surface area contributed by atoms with Crippen LogP contribution in [0.5, 0.6) is 0 Å². The molecule has 1 aliphatic rings. The fourth-order valence-corrected chi connectivity index (χ4v) is 3.27. The summed E-state index contributed by atoms with van der Waals surface area (Å²) in [6.07, 6.45) is 2.31. The molecule has 0 amide bonds. The Balaban J connectivity index is 1.61. The zero-order valence-electron chi connectivity index (χ0n) is 13.9. The molecular weight excluding hydrogens is 312 g/mol. The van der Waals surface area contributed by atoms with Crippen molar-refractivity contribution < 1.29 is 0 Å². The second kappa shape index (κ2) is 6.84. The van der Waals surface area contributed by atoms with Gasteiger partial charge in [-0.05, 0) is 38.8 Å². The van der Waals surface area contributed by atoms with Gasteiger partial charge in [0.15, 0.2) is 5.82 Å². The van der Waals surface area contributed by atoms with Crippen LogP contribution in [-0.4, -0.2) is 39.1 Å². The standard InChI is InChI=1S/C16H23ClN6/c1-11-6-7-15(20-19-11)23-8-4-5-13(10-23)18-9-14-12(2)21-22(3)16(14)17/h6-7,13,18H,4-5,8-10H2,1-3H3. The highest BCUT2D eigenvalue weighted by Crippen LogP contribution is 2.20. The summed E-state index contributed by atoms with van der Waals surface area (Å²) < 4.78 is 1.73. The third-order valence-corrected chi connectivity index (χ3v) is 4.84. The van der Waals surface area contributed by atoms with Crippen LogP contribution in [0.25, 0.3) is 0 Å². The Kier molecular flexibility index (Phi) is 4.82. The molecule has 0 aromatic carbocycles. The highest BCUT2D eigenvalue weighted by Gasteiger charge is 2.22.